The predicted molar refractivity (Wildman–Crippen MR) is 26.7 cm³/mol. The molecule has 0 aromatic rings. The van der Waals surface area contributed by atoms with E-state index in [4.69, 9.17) is 0 Å². The van der Waals surface area contributed by atoms with E-state index in [-0.39, 0.29) is 35.5 Å². The first-order valence-electron chi connectivity index (χ1n) is 1.36. The molecule has 8 heavy (non-hydrogen) atoms. The van der Waals surface area contributed by atoms with E-state index in [0.29, 0.717) is 0 Å². The van der Waals surface area contributed by atoms with Crippen LogP contribution in [0.2, 0.25) is 0 Å². The molecule has 0 aliphatic carbocycles. The maximum Gasteiger partial charge on any atom is 2.00 e. The summed E-state index contributed by atoms with van der Waals surface area (Å²) in [4.78, 5) is 9.88. The summed E-state index contributed by atoms with van der Waals surface area (Å²) < 4.78 is 8.37. The maximum atomic E-state index is 9.88. The molecule has 0 aromatic heterocycles. The smallest absolute Gasteiger partial charge is 1.00 e. The SMILES string of the molecule is COP([O-])OC.[Cl-].[Mg+2]. The van der Waals surface area contributed by atoms with Gasteiger partial charge in [-0.15, -0.1) is 0 Å². The van der Waals surface area contributed by atoms with E-state index >= 15 is 0 Å². The molecule has 0 spiro atoms. The van der Waals surface area contributed by atoms with E-state index in [9.17, 15) is 4.89 Å². The zero-order valence-electron chi connectivity index (χ0n) is 4.76. The summed E-state index contributed by atoms with van der Waals surface area (Å²) in [5.74, 6) is 0. The van der Waals surface area contributed by atoms with Gasteiger partial charge in [-0.3, -0.25) is 0 Å². The van der Waals surface area contributed by atoms with E-state index in [1.54, 1.807) is 0 Å². The average molecular weight is 169 g/mol. The van der Waals surface area contributed by atoms with Crippen molar-refractivity contribution in [3.05, 3.63) is 0 Å². The van der Waals surface area contributed by atoms with Crippen LogP contribution in [-0.4, -0.2) is 37.3 Å². The maximum absolute atomic E-state index is 9.88. The minimum absolute atomic E-state index is 0. The van der Waals surface area contributed by atoms with Gasteiger partial charge in [-0.1, -0.05) is 0 Å². The van der Waals surface area contributed by atoms with Crippen LogP contribution in [0.4, 0.5) is 0 Å². The minimum atomic E-state index is -1.83. The number of rotatable bonds is 2. The Morgan fingerprint density at radius 3 is 1.50 bits per heavy atom. The van der Waals surface area contributed by atoms with Gasteiger partial charge in [0.2, 0.25) is 0 Å². The van der Waals surface area contributed by atoms with Gasteiger partial charge in [0, 0.05) is 14.2 Å². The molecule has 0 saturated carbocycles. The molecule has 0 aliphatic rings. The van der Waals surface area contributed by atoms with Gasteiger partial charge in [0.05, 0.1) is 8.60 Å². The van der Waals surface area contributed by atoms with E-state index in [1.165, 1.54) is 14.2 Å². The third-order valence-corrected chi connectivity index (χ3v) is 0.894. The van der Waals surface area contributed by atoms with Gasteiger partial charge in [0.15, 0.2) is 0 Å². The molecule has 0 bridgehead atoms. The molecule has 0 rings (SSSR count). The van der Waals surface area contributed by atoms with Gasteiger partial charge in [-0.2, -0.15) is 0 Å². The molecule has 0 aromatic carbocycles. The van der Waals surface area contributed by atoms with Crippen molar-refractivity contribution in [1.29, 1.82) is 0 Å². The van der Waals surface area contributed by atoms with Gasteiger partial charge in [0.1, 0.15) is 0 Å². The van der Waals surface area contributed by atoms with Crippen molar-refractivity contribution in [2.24, 2.45) is 0 Å². The fraction of sp³-hybridized carbons (Fsp3) is 1.00. The average Bonchev–Trinajstić information content (AvgIpc) is 1.65. The first-order chi connectivity index (χ1) is 2.81. The normalized spacial score (nSPS) is 7.50. The predicted octanol–water partition coefficient (Wildman–Crippen LogP) is -3.51. The minimum Gasteiger partial charge on any atom is -1.00 e. The van der Waals surface area contributed by atoms with Crippen molar-refractivity contribution in [2.75, 3.05) is 14.2 Å². The summed E-state index contributed by atoms with van der Waals surface area (Å²) in [6.45, 7) is 0. The molecule has 0 unspecified atom stereocenters. The van der Waals surface area contributed by atoms with Crippen LogP contribution < -0.4 is 17.3 Å². The molecule has 0 fully saturated rings. The Kier molecular flexibility index (Phi) is 22.6. The van der Waals surface area contributed by atoms with Gasteiger partial charge < -0.3 is 26.3 Å². The number of halogens is 1. The Morgan fingerprint density at radius 2 is 1.50 bits per heavy atom. The summed E-state index contributed by atoms with van der Waals surface area (Å²) in [6, 6.07) is 0. The van der Waals surface area contributed by atoms with E-state index in [2.05, 4.69) is 9.05 Å². The Hall–Kier alpha value is 1.37. The van der Waals surface area contributed by atoms with Crippen LogP contribution >= 0.6 is 8.60 Å². The standard InChI is InChI=1S/C2H6O3P.ClH.Mg/c1-4-6(3)5-2;;/h1-2H3;1H;/q-1;;+2/p-1. The second kappa shape index (κ2) is 11.2. The monoisotopic (exact) mass is 168 g/mol. The second-order valence-electron chi connectivity index (χ2n) is 0.589. The van der Waals surface area contributed by atoms with Crippen LogP contribution in [0.15, 0.2) is 0 Å². The Labute approximate surface area is 72.3 Å². The zero-order valence-corrected chi connectivity index (χ0v) is 7.82. The molecular formula is C2H6ClMgO3P. The quantitative estimate of drug-likeness (QED) is 0.318. The molecule has 0 N–H and O–H groups in total. The van der Waals surface area contributed by atoms with E-state index < -0.39 is 8.60 Å². The third-order valence-electron chi connectivity index (χ3n) is 0.298. The summed E-state index contributed by atoms with van der Waals surface area (Å²) in [5.41, 5.74) is 0. The van der Waals surface area contributed by atoms with Crippen molar-refractivity contribution >= 4 is 31.7 Å². The molecule has 0 radical (unpaired) electrons. The molecule has 46 valence electrons. The van der Waals surface area contributed by atoms with Crippen LogP contribution in [0.5, 0.6) is 0 Å². The topological polar surface area (TPSA) is 41.5 Å². The Bertz CT molecular complexity index is 36.5. The molecule has 0 aliphatic heterocycles. The van der Waals surface area contributed by atoms with Crippen LogP contribution in [-0.2, 0) is 9.05 Å². The summed E-state index contributed by atoms with van der Waals surface area (Å²) >= 11 is 0. The first kappa shape index (κ1) is 16.2. The molecule has 3 nitrogen and oxygen atoms in total. The van der Waals surface area contributed by atoms with Crippen LogP contribution in [0.1, 0.15) is 0 Å². The molecule has 0 atom stereocenters. The van der Waals surface area contributed by atoms with Gasteiger partial charge in [-0.05, 0) is 0 Å². The van der Waals surface area contributed by atoms with Crippen LogP contribution in [0, 0.1) is 0 Å². The number of hydrogen-bond acceptors (Lipinski definition) is 3. The van der Waals surface area contributed by atoms with E-state index in [0.717, 1.165) is 0 Å². The molecule has 0 saturated heterocycles. The molecule has 6 heteroatoms. The fourth-order valence-corrected chi connectivity index (χ4v) is 0.224. The van der Waals surface area contributed by atoms with Crippen molar-refractivity contribution in [3.8, 4) is 0 Å². The first-order valence-corrected chi connectivity index (χ1v) is 2.46. The van der Waals surface area contributed by atoms with Crippen LogP contribution in [0.3, 0.4) is 0 Å². The van der Waals surface area contributed by atoms with Crippen LogP contribution in [0.25, 0.3) is 0 Å². The van der Waals surface area contributed by atoms with Crippen molar-refractivity contribution in [2.45, 2.75) is 0 Å². The molecule has 0 amide bonds. The van der Waals surface area contributed by atoms with Gasteiger partial charge >= 0.3 is 23.1 Å². The number of hydrogen-bond donors (Lipinski definition) is 0. The summed E-state index contributed by atoms with van der Waals surface area (Å²) in [7, 11) is 0.817. The Morgan fingerprint density at radius 1 is 1.25 bits per heavy atom. The van der Waals surface area contributed by atoms with Gasteiger partial charge in [0.25, 0.3) is 0 Å². The Balaban J connectivity index is -0.000000125. The summed E-state index contributed by atoms with van der Waals surface area (Å²) in [5, 5.41) is 0. The van der Waals surface area contributed by atoms with Crippen molar-refractivity contribution in [1.82, 2.24) is 0 Å². The van der Waals surface area contributed by atoms with Crippen molar-refractivity contribution < 1.29 is 26.3 Å². The second-order valence-corrected chi connectivity index (χ2v) is 1.77. The molecular weight excluding hydrogens is 163 g/mol. The largest absolute Gasteiger partial charge is 2.00 e. The third kappa shape index (κ3) is 10.4. The summed E-state index contributed by atoms with van der Waals surface area (Å²) in [6.07, 6.45) is 0. The van der Waals surface area contributed by atoms with Gasteiger partial charge in [-0.25, -0.2) is 0 Å². The fourth-order valence-electron chi connectivity index (χ4n) is 0.0745. The van der Waals surface area contributed by atoms with E-state index in [1.807, 2.05) is 0 Å². The zero-order chi connectivity index (χ0) is 4.99. The molecule has 0 heterocycles. The van der Waals surface area contributed by atoms with Crippen molar-refractivity contribution in [3.63, 3.8) is 0 Å².